The highest BCUT2D eigenvalue weighted by Crippen LogP contribution is 2.23. The molecule has 0 aliphatic rings. The first-order valence-electron chi connectivity index (χ1n) is 8.07. The minimum Gasteiger partial charge on any atom is -0.314 e. The smallest absolute Gasteiger partial charge is 0.0766 e. The first-order valence-corrected chi connectivity index (χ1v) is 8.86. The van der Waals surface area contributed by atoms with E-state index in [1.54, 1.807) is 0 Å². The van der Waals surface area contributed by atoms with Crippen LogP contribution in [0.1, 0.15) is 64.3 Å². The third kappa shape index (κ3) is 5.21. The van der Waals surface area contributed by atoms with Crippen molar-refractivity contribution in [1.29, 1.82) is 0 Å². The lowest BCUT2D eigenvalue weighted by atomic mass is 10.0. The van der Waals surface area contributed by atoms with Crippen molar-refractivity contribution in [2.24, 2.45) is 7.05 Å². The molecule has 0 amide bonds. The molecule has 0 aromatic carbocycles. The van der Waals surface area contributed by atoms with Gasteiger partial charge in [0.15, 0.2) is 0 Å². The van der Waals surface area contributed by atoms with Crippen LogP contribution >= 0.6 is 15.9 Å². The summed E-state index contributed by atoms with van der Waals surface area (Å²) in [6.07, 6.45) is 8.34. The SMILES string of the molecule is CCCNC(CCC)CCCc1c(Br)c(CC)nn1C. The Kier molecular flexibility index (Phi) is 8.46. The summed E-state index contributed by atoms with van der Waals surface area (Å²) in [6, 6.07) is 0.678. The fraction of sp³-hybridized carbons (Fsp3) is 0.812. The standard InChI is InChI=1S/C16H30BrN3/c1-5-9-13(18-12-6-2)10-8-11-15-16(17)14(7-3)19-20(15)4/h13,18H,5-12H2,1-4H3. The molecular formula is C16H30BrN3. The van der Waals surface area contributed by atoms with Gasteiger partial charge in [0.1, 0.15) is 0 Å². The summed E-state index contributed by atoms with van der Waals surface area (Å²) in [5, 5.41) is 8.23. The molecule has 1 aromatic heterocycles. The van der Waals surface area contributed by atoms with Gasteiger partial charge in [0.2, 0.25) is 0 Å². The van der Waals surface area contributed by atoms with Crippen LogP contribution in [0.5, 0.6) is 0 Å². The highest BCUT2D eigenvalue weighted by Gasteiger charge is 2.13. The number of hydrogen-bond acceptors (Lipinski definition) is 2. The Labute approximate surface area is 132 Å². The Morgan fingerprint density at radius 2 is 1.95 bits per heavy atom. The van der Waals surface area contributed by atoms with Crippen molar-refractivity contribution < 1.29 is 0 Å². The van der Waals surface area contributed by atoms with E-state index in [-0.39, 0.29) is 0 Å². The first-order chi connectivity index (χ1) is 9.63. The Morgan fingerprint density at radius 3 is 2.50 bits per heavy atom. The van der Waals surface area contributed by atoms with Crippen LogP contribution in [0.15, 0.2) is 4.47 Å². The van der Waals surface area contributed by atoms with Crippen molar-refractivity contribution in [2.75, 3.05) is 6.54 Å². The third-order valence-electron chi connectivity index (χ3n) is 3.79. The Bertz CT molecular complexity index is 387. The molecular weight excluding hydrogens is 314 g/mol. The lowest BCUT2D eigenvalue weighted by Gasteiger charge is -2.17. The van der Waals surface area contributed by atoms with Gasteiger partial charge in [-0.25, -0.2) is 0 Å². The van der Waals surface area contributed by atoms with E-state index in [0.29, 0.717) is 6.04 Å². The van der Waals surface area contributed by atoms with Crippen LogP contribution in [0.3, 0.4) is 0 Å². The molecule has 4 heteroatoms. The summed E-state index contributed by atoms with van der Waals surface area (Å²) < 4.78 is 3.26. The Hall–Kier alpha value is -0.350. The molecule has 1 N–H and O–H groups in total. The largest absolute Gasteiger partial charge is 0.314 e. The van der Waals surface area contributed by atoms with Gasteiger partial charge in [0, 0.05) is 13.1 Å². The second kappa shape index (κ2) is 9.56. The molecule has 0 bridgehead atoms. The van der Waals surface area contributed by atoms with E-state index in [1.807, 2.05) is 4.68 Å². The van der Waals surface area contributed by atoms with Gasteiger partial charge in [0.05, 0.1) is 15.9 Å². The van der Waals surface area contributed by atoms with Crippen molar-refractivity contribution >= 4 is 15.9 Å². The van der Waals surface area contributed by atoms with E-state index >= 15 is 0 Å². The summed E-state index contributed by atoms with van der Waals surface area (Å²) in [5.74, 6) is 0. The van der Waals surface area contributed by atoms with Gasteiger partial charge in [-0.3, -0.25) is 4.68 Å². The number of hydrogen-bond donors (Lipinski definition) is 1. The van der Waals surface area contributed by atoms with Crippen molar-refractivity contribution in [3.63, 3.8) is 0 Å². The molecule has 1 atom stereocenters. The average molecular weight is 344 g/mol. The average Bonchev–Trinajstić information content (AvgIpc) is 2.71. The second-order valence-corrected chi connectivity index (χ2v) is 6.31. The third-order valence-corrected chi connectivity index (χ3v) is 4.70. The van der Waals surface area contributed by atoms with Crippen LogP contribution in [-0.4, -0.2) is 22.4 Å². The normalized spacial score (nSPS) is 12.8. The van der Waals surface area contributed by atoms with Crippen molar-refractivity contribution in [3.8, 4) is 0 Å². The Balaban J connectivity index is 2.47. The molecule has 0 aliphatic carbocycles. The zero-order valence-corrected chi connectivity index (χ0v) is 15.1. The highest BCUT2D eigenvalue weighted by atomic mass is 79.9. The van der Waals surface area contributed by atoms with Gasteiger partial charge in [-0.1, -0.05) is 27.2 Å². The van der Waals surface area contributed by atoms with Crippen molar-refractivity contribution in [1.82, 2.24) is 15.1 Å². The topological polar surface area (TPSA) is 29.9 Å². The fourth-order valence-electron chi connectivity index (χ4n) is 2.65. The Morgan fingerprint density at radius 1 is 1.20 bits per heavy atom. The van der Waals surface area contributed by atoms with E-state index in [9.17, 15) is 0 Å². The number of halogens is 1. The minimum atomic E-state index is 0.678. The van der Waals surface area contributed by atoms with Gasteiger partial charge in [-0.15, -0.1) is 0 Å². The van der Waals surface area contributed by atoms with Gasteiger partial charge >= 0.3 is 0 Å². The molecule has 0 aliphatic heterocycles. The highest BCUT2D eigenvalue weighted by molar-refractivity contribution is 9.10. The van der Waals surface area contributed by atoms with Crippen LogP contribution in [0.25, 0.3) is 0 Å². The maximum atomic E-state index is 4.57. The van der Waals surface area contributed by atoms with Crippen LogP contribution < -0.4 is 5.32 Å². The number of aromatic nitrogens is 2. The molecule has 3 nitrogen and oxygen atoms in total. The van der Waals surface area contributed by atoms with Crippen LogP contribution in [0, 0.1) is 0 Å². The summed E-state index contributed by atoms with van der Waals surface area (Å²) in [4.78, 5) is 0. The van der Waals surface area contributed by atoms with Crippen LogP contribution in [0.2, 0.25) is 0 Å². The molecule has 0 saturated carbocycles. The first kappa shape index (κ1) is 17.7. The molecule has 0 radical (unpaired) electrons. The van der Waals surface area contributed by atoms with E-state index in [4.69, 9.17) is 0 Å². The monoisotopic (exact) mass is 343 g/mol. The molecule has 1 heterocycles. The predicted octanol–water partition coefficient (Wildman–Crippen LogP) is 4.24. The molecule has 0 spiro atoms. The number of nitrogens with zero attached hydrogens (tertiary/aromatic N) is 2. The lowest BCUT2D eigenvalue weighted by Crippen LogP contribution is -2.29. The number of nitrogens with one attached hydrogen (secondary N) is 1. The zero-order valence-electron chi connectivity index (χ0n) is 13.5. The molecule has 1 unspecified atom stereocenters. The summed E-state index contributed by atoms with van der Waals surface area (Å²) in [5.41, 5.74) is 2.52. The van der Waals surface area contributed by atoms with Gasteiger partial charge in [0.25, 0.3) is 0 Å². The molecule has 0 fully saturated rings. The second-order valence-electron chi connectivity index (χ2n) is 5.52. The number of rotatable bonds is 10. The van der Waals surface area contributed by atoms with Gasteiger partial charge in [-0.05, 0) is 61.0 Å². The summed E-state index contributed by atoms with van der Waals surface area (Å²) >= 11 is 3.70. The molecule has 0 saturated heterocycles. The predicted molar refractivity (Wildman–Crippen MR) is 90.2 cm³/mol. The van der Waals surface area contributed by atoms with Crippen molar-refractivity contribution in [2.45, 2.75) is 71.8 Å². The zero-order chi connectivity index (χ0) is 15.0. The molecule has 116 valence electrons. The number of aryl methyl sites for hydroxylation is 2. The molecule has 20 heavy (non-hydrogen) atoms. The summed E-state index contributed by atoms with van der Waals surface area (Å²) in [6.45, 7) is 7.80. The van der Waals surface area contributed by atoms with Crippen LogP contribution in [0.4, 0.5) is 0 Å². The van der Waals surface area contributed by atoms with E-state index in [1.165, 1.54) is 48.0 Å². The van der Waals surface area contributed by atoms with E-state index in [0.717, 1.165) is 19.4 Å². The van der Waals surface area contributed by atoms with Gasteiger partial charge in [-0.2, -0.15) is 5.10 Å². The lowest BCUT2D eigenvalue weighted by molar-refractivity contribution is 0.435. The van der Waals surface area contributed by atoms with Gasteiger partial charge < -0.3 is 5.32 Å². The fourth-order valence-corrected chi connectivity index (χ4v) is 3.47. The molecule has 1 rings (SSSR count). The van der Waals surface area contributed by atoms with E-state index in [2.05, 4.69) is 54.2 Å². The minimum absolute atomic E-state index is 0.678. The quantitative estimate of drug-likeness (QED) is 0.688. The maximum Gasteiger partial charge on any atom is 0.0766 e. The summed E-state index contributed by atoms with van der Waals surface area (Å²) in [7, 11) is 2.05. The maximum absolute atomic E-state index is 4.57. The van der Waals surface area contributed by atoms with Crippen molar-refractivity contribution in [3.05, 3.63) is 15.9 Å². The molecule has 1 aromatic rings. The van der Waals surface area contributed by atoms with Crippen LogP contribution in [-0.2, 0) is 19.9 Å². The van der Waals surface area contributed by atoms with E-state index < -0.39 is 0 Å².